The van der Waals surface area contributed by atoms with Gasteiger partial charge < -0.3 is 5.32 Å². The molecule has 0 atom stereocenters. The van der Waals surface area contributed by atoms with Gasteiger partial charge in [-0.05, 0) is 24.3 Å². The fourth-order valence-corrected chi connectivity index (χ4v) is 2.49. The molecular weight excluding hydrogens is 308 g/mol. The van der Waals surface area contributed by atoms with Crippen LogP contribution in [0.4, 0.5) is 11.4 Å². The second-order valence-electron chi connectivity index (χ2n) is 5.17. The number of amides is 1. The molecule has 1 aromatic heterocycles. The molecule has 0 saturated carbocycles. The third-order valence-electron chi connectivity index (χ3n) is 3.61. The van der Waals surface area contributed by atoms with Crippen molar-refractivity contribution in [1.82, 2.24) is 4.57 Å². The first-order valence-electron chi connectivity index (χ1n) is 7.24. The van der Waals surface area contributed by atoms with Crippen LogP contribution in [0.5, 0.6) is 0 Å². The van der Waals surface area contributed by atoms with E-state index in [0.717, 1.165) is 11.0 Å². The van der Waals surface area contributed by atoms with Crippen LogP contribution in [0.25, 0.3) is 17.2 Å². The van der Waals surface area contributed by atoms with E-state index in [1.165, 1.54) is 24.3 Å². The predicted molar refractivity (Wildman–Crippen MR) is 90.2 cm³/mol. The maximum absolute atomic E-state index is 12.2. The number of nitro benzene ring substituents is 1. The lowest BCUT2D eigenvalue weighted by Gasteiger charge is -2.03. The fourth-order valence-electron chi connectivity index (χ4n) is 2.49. The number of para-hydroxylation sites is 2. The number of non-ortho nitro benzene ring substituents is 1. The number of aromatic nitrogens is 2. The molecule has 7 nitrogen and oxygen atoms in total. The van der Waals surface area contributed by atoms with Crippen LogP contribution >= 0.6 is 0 Å². The molecule has 7 heteroatoms. The Labute approximate surface area is 137 Å². The fraction of sp³-hybridized carbons (Fsp3) is 0.0588. The lowest BCUT2D eigenvalue weighted by atomic mass is 10.3. The third kappa shape index (κ3) is 3.00. The van der Waals surface area contributed by atoms with Crippen LogP contribution in [-0.2, 0) is 11.3 Å². The lowest BCUT2D eigenvalue weighted by Crippen LogP contribution is -2.39. The number of imidazole rings is 1. The lowest BCUT2D eigenvalue weighted by molar-refractivity contribution is -0.658. The van der Waals surface area contributed by atoms with Gasteiger partial charge in [0.1, 0.15) is 0 Å². The number of carbonyl (C=O) groups excluding carboxylic acids is 1. The van der Waals surface area contributed by atoms with E-state index in [2.05, 4.69) is 11.9 Å². The molecule has 1 heterocycles. The number of fused-ring (bicyclic) bond motifs is 1. The van der Waals surface area contributed by atoms with Gasteiger partial charge in [0.2, 0.25) is 6.33 Å². The largest absolute Gasteiger partial charge is 0.323 e. The minimum atomic E-state index is -0.481. The van der Waals surface area contributed by atoms with Crippen molar-refractivity contribution in [2.45, 2.75) is 6.54 Å². The summed E-state index contributed by atoms with van der Waals surface area (Å²) < 4.78 is 3.66. The van der Waals surface area contributed by atoms with Gasteiger partial charge in [0.25, 0.3) is 11.6 Å². The van der Waals surface area contributed by atoms with Gasteiger partial charge in [0, 0.05) is 17.8 Å². The van der Waals surface area contributed by atoms with Crippen LogP contribution in [0.3, 0.4) is 0 Å². The van der Waals surface area contributed by atoms with Crippen molar-refractivity contribution < 1.29 is 14.3 Å². The number of carbonyl (C=O) groups is 1. The molecule has 0 unspecified atom stereocenters. The zero-order chi connectivity index (χ0) is 17.1. The molecule has 0 saturated heterocycles. The van der Waals surface area contributed by atoms with Crippen LogP contribution in [0.1, 0.15) is 0 Å². The number of anilines is 1. The summed E-state index contributed by atoms with van der Waals surface area (Å²) >= 11 is 0. The number of hydrogen-bond donors (Lipinski definition) is 1. The second-order valence-corrected chi connectivity index (χ2v) is 5.17. The summed E-state index contributed by atoms with van der Waals surface area (Å²) in [7, 11) is 0. The first-order chi connectivity index (χ1) is 11.6. The Morgan fingerprint density at radius 1 is 1.25 bits per heavy atom. The molecule has 2 aromatic carbocycles. The minimum Gasteiger partial charge on any atom is -0.323 e. The van der Waals surface area contributed by atoms with E-state index in [0.29, 0.717) is 5.69 Å². The van der Waals surface area contributed by atoms with Crippen molar-refractivity contribution in [3.05, 3.63) is 71.6 Å². The van der Waals surface area contributed by atoms with Crippen molar-refractivity contribution in [2.75, 3.05) is 5.32 Å². The molecule has 3 aromatic rings. The highest BCUT2D eigenvalue weighted by atomic mass is 16.6. The van der Waals surface area contributed by atoms with Gasteiger partial charge in [-0.25, -0.2) is 9.13 Å². The summed E-state index contributed by atoms with van der Waals surface area (Å²) in [5, 5.41) is 13.4. The number of nitro groups is 1. The van der Waals surface area contributed by atoms with Crippen LogP contribution in [-0.4, -0.2) is 15.4 Å². The first-order valence-corrected chi connectivity index (χ1v) is 7.24. The summed E-state index contributed by atoms with van der Waals surface area (Å²) in [5.41, 5.74) is 2.36. The van der Waals surface area contributed by atoms with Crippen LogP contribution in [0, 0.1) is 10.1 Å². The van der Waals surface area contributed by atoms with E-state index in [4.69, 9.17) is 0 Å². The van der Waals surface area contributed by atoms with Gasteiger partial charge >= 0.3 is 0 Å². The average molecular weight is 323 g/mol. The molecule has 120 valence electrons. The maximum atomic E-state index is 12.2. The van der Waals surface area contributed by atoms with E-state index >= 15 is 0 Å². The first kappa shape index (κ1) is 15.4. The van der Waals surface area contributed by atoms with Gasteiger partial charge in [-0.2, -0.15) is 0 Å². The van der Waals surface area contributed by atoms with E-state index in [1.807, 2.05) is 33.4 Å². The molecule has 0 spiro atoms. The van der Waals surface area contributed by atoms with Crippen molar-refractivity contribution in [3.63, 3.8) is 0 Å². The molecule has 1 N–H and O–H groups in total. The minimum absolute atomic E-state index is 0.0172. The normalized spacial score (nSPS) is 10.5. The molecule has 0 aliphatic heterocycles. The average Bonchev–Trinajstić information content (AvgIpc) is 2.93. The van der Waals surface area contributed by atoms with Crippen LogP contribution < -0.4 is 9.88 Å². The summed E-state index contributed by atoms with van der Waals surface area (Å²) in [6.07, 6.45) is 3.47. The summed E-state index contributed by atoms with van der Waals surface area (Å²) in [4.78, 5) is 22.4. The van der Waals surface area contributed by atoms with E-state index in [-0.39, 0.29) is 18.1 Å². The highest BCUT2D eigenvalue weighted by Crippen LogP contribution is 2.15. The monoisotopic (exact) mass is 323 g/mol. The van der Waals surface area contributed by atoms with E-state index < -0.39 is 4.92 Å². The number of hydrogen-bond acceptors (Lipinski definition) is 3. The van der Waals surface area contributed by atoms with Crippen LogP contribution in [0.2, 0.25) is 0 Å². The van der Waals surface area contributed by atoms with E-state index in [1.54, 1.807) is 12.5 Å². The van der Waals surface area contributed by atoms with Crippen molar-refractivity contribution >= 4 is 34.5 Å². The number of nitrogens with zero attached hydrogens (tertiary/aromatic N) is 3. The number of benzene rings is 2. The Morgan fingerprint density at radius 3 is 2.62 bits per heavy atom. The molecule has 0 aliphatic carbocycles. The summed E-state index contributed by atoms with van der Waals surface area (Å²) in [6.45, 7) is 3.88. The Morgan fingerprint density at radius 2 is 1.96 bits per heavy atom. The SMILES string of the molecule is C=Cn1c[n+](CC(=O)Nc2ccc([N+](=O)[O-])cc2)c2ccccc21. The molecule has 0 bridgehead atoms. The molecule has 3 rings (SSSR count). The molecule has 0 fully saturated rings. The highest BCUT2D eigenvalue weighted by molar-refractivity contribution is 5.90. The molecule has 0 radical (unpaired) electrons. The van der Waals surface area contributed by atoms with Gasteiger partial charge in [0.15, 0.2) is 17.6 Å². The van der Waals surface area contributed by atoms with Crippen molar-refractivity contribution in [1.29, 1.82) is 0 Å². The Balaban J connectivity index is 1.78. The van der Waals surface area contributed by atoms with Crippen molar-refractivity contribution in [2.24, 2.45) is 0 Å². The Bertz CT molecular complexity index is 929. The number of rotatable bonds is 5. The highest BCUT2D eigenvalue weighted by Gasteiger charge is 2.16. The molecule has 24 heavy (non-hydrogen) atoms. The molecule has 0 aliphatic rings. The topological polar surface area (TPSA) is 81.0 Å². The van der Waals surface area contributed by atoms with Crippen molar-refractivity contribution in [3.8, 4) is 0 Å². The second kappa shape index (κ2) is 6.33. The number of nitrogens with one attached hydrogen (secondary N) is 1. The zero-order valence-electron chi connectivity index (χ0n) is 12.8. The third-order valence-corrected chi connectivity index (χ3v) is 3.61. The summed E-state index contributed by atoms with van der Waals surface area (Å²) in [6, 6.07) is 13.4. The van der Waals surface area contributed by atoms with Gasteiger partial charge in [-0.15, -0.1) is 0 Å². The quantitative estimate of drug-likeness (QED) is 0.445. The molecular formula is C17H15N4O3+. The van der Waals surface area contributed by atoms with Gasteiger partial charge in [0.05, 0.1) is 11.1 Å². The Hall–Kier alpha value is -3.48. The van der Waals surface area contributed by atoms with Crippen LogP contribution in [0.15, 0.2) is 61.4 Å². The Kier molecular flexibility index (Phi) is 4.07. The zero-order valence-corrected chi connectivity index (χ0v) is 12.8. The standard InChI is InChI=1S/C17H14N4O3/c1-2-19-12-20(16-6-4-3-5-15(16)19)11-17(22)18-13-7-9-14(10-8-13)21(23)24/h2-10,12H,1,11H2/p+1. The smallest absolute Gasteiger partial charge is 0.269 e. The summed E-state index contributed by atoms with van der Waals surface area (Å²) in [5.74, 6) is -0.221. The van der Waals surface area contributed by atoms with Gasteiger partial charge in [-0.3, -0.25) is 14.9 Å². The maximum Gasteiger partial charge on any atom is 0.269 e. The predicted octanol–water partition coefficient (Wildman–Crippen LogP) is 2.58. The molecule has 1 amide bonds. The van der Waals surface area contributed by atoms with E-state index in [9.17, 15) is 14.9 Å². The van der Waals surface area contributed by atoms with Gasteiger partial charge in [-0.1, -0.05) is 18.7 Å².